The van der Waals surface area contributed by atoms with Crippen LogP contribution < -0.4 is 11.5 Å². The van der Waals surface area contributed by atoms with Crippen molar-refractivity contribution in [3.8, 4) is 0 Å². The second-order valence-corrected chi connectivity index (χ2v) is 5.11. The highest BCUT2D eigenvalue weighted by Gasteiger charge is 2.33. The summed E-state index contributed by atoms with van der Waals surface area (Å²) in [5.41, 5.74) is 11.4. The fraction of sp³-hybridized carbons (Fsp3) is 0.533. The Labute approximate surface area is 115 Å². The van der Waals surface area contributed by atoms with Crippen molar-refractivity contribution in [2.24, 2.45) is 11.5 Å². The van der Waals surface area contributed by atoms with Gasteiger partial charge in [-0.1, -0.05) is 43.7 Å². The van der Waals surface area contributed by atoms with Crippen molar-refractivity contribution in [3.05, 3.63) is 35.9 Å². The van der Waals surface area contributed by atoms with Crippen LogP contribution in [0, 0.1) is 0 Å². The fourth-order valence-corrected chi connectivity index (χ4v) is 2.05. The number of nitrogens with two attached hydrogens (primary N) is 2. The molecule has 1 rings (SSSR count). The minimum Gasteiger partial charge on any atom is -0.368 e. The summed E-state index contributed by atoms with van der Waals surface area (Å²) in [5.74, 6) is -0.470. The van der Waals surface area contributed by atoms with Crippen LogP contribution in [0.15, 0.2) is 30.3 Å². The van der Waals surface area contributed by atoms with Gasteiger partial charge in [0.2, 0.25) is 5.91 Å². The molecule has 1 amide bonds. The Bertz CT molecular complexity index is 394. The standard InChI is InChI=1S/C15H25N3O/c1-3-4-11-18(2)12-10-15(17,14(16)19)13-8-6-5-7-9-13/h5-9H,3-4,10-12,17H2,1-2H3,(H2,16,19). The molecule has 0 aromatic heterocycles. The highest BCUT2D eigenvalue weighted by Crippen LogP contribution is 2.22. The lowest BCUT2D eigenvalue weighted by molar-refractivity contribution is -0.123. The van der Waals surface area contributed by atoms with Gasteiger partial charge in [-0.3, -0.25) is 4.79 Å². The van der Waals surface area contributed by atoms with Crippen LogP contribution in [0.4, 0.5) is 0 Å². The van der Waals surface area contributed by atoms with E-state index in [-0.39, 0.29) is 0 Å². The zero-order chi connectivity index (χ0) is 14.3. The molecule has 0 bridgehead atoms. The minimum absolute atomic E-state index is 0.470. The lowest BCUT2D eigenvalue weighted by Crippen LogP contribution is -2.50. The number of carbonyl (C=O) groups excluding carboxylic acids is 1. The summed E-state index contributed by atoms with van der Waals surface area (Å²) in [6.45, 7) is 3.93. The van der Waals surface area contributed by atoms with E-state index in [0.717, 1.165) is 31.5 Å². The van der Waals surface area contributed by atoms with E-state index in [2.05, 4.69) is 11.8 Å². The Morgan fingerprint density at radius 2 is 1.89 bits per heavy atom. The number of hydrogen-bond donors (Lipinski definition) is 2. The van der Waals surface area contributed by atoms with Crippen LogP contribution >= 0.6 is 0 Å². The number of unbranched alkanes of at least 4 members (excludes halogenated alkanes) is 1. The molecule has 106 valence electrons. The first-order chi connectivity index (χ1) is 9.00. The second kappa shape index (κ2) is 7.26. The largest absolute Gasteiger partial charge is 0.368 e. The summed E-state index contributed by atoms with van der Waals surface area (Å²) in [6.07, 6.45) is 2.84. The van der Waals surface area contributed by atoms with Crippen molar-refractivity contribution in [2.75, 3.05) is 20.1 Å². The average molecular weight is 263 g/mol. The Kier molecular flexibility index (Phi) is 5.99. The predicted octanol–water partition coefficient (Wildman–Crippen LogP) is 1.45. The Hall–Kier alpha value is -1.39. The molecule has 0 aliphatic carbocycles. The minimum atomic E-state index is -1.08. The molecule has 1 atom stereocenters. The van der Waals surface area contributed by atoms with Gasteiger partial charge in [-0.2, -0.15) is 0 Å². The van der Waals surface area contributed by atoms with E-state index < -0.39 is 11.4 Å². The summed E-state index contributed by atoms with van der Waals surface area (Å²) in [7, 11) is 2.04. The van der Waals surface area contributed by atoms with Crippen molar-refractivity contribution in [3.63, 3.8) is 0 Å². The van der Waals surface area contributed by atoms with Gasteiger partial charge in [-0.15, -0.1) is 0 Å². The van der Waals surface area contributed by atoms with Crippen LogP contribution in [0.2, 0.25) is 0 Å². The summed E-state index contributed by atoms with van der Waals surface area (Å²) in [5, 5.41) is 0. The van der Waals surface area contributed by atoms with Crippen LogP contribution in [-0.4, -0.2) is 30.9 Å². The number of benzene rings is 1. The van der Waals surface area contributed by atoms with E-state index >= 15 is 0 Å². The maximum Gasteiger partial charge on any atom is 0.242 e. The molecule has 0 fully saturated rings. The highest BCUT2D eigenvalue weighted by molar-refractivity contribution is 5.85. The van der Waals surface area contributed by atoms with E-state index in [9.17, 15) is 4.79 Å². The molecule has 19 heavy (non-hydrogen) atoms. The Balaban J connectivity index is 2.71. The lowest BCUT2D eigenvalue weighted by atomic mass is 9.87. The van der Waals surface area contributed by atoms with Gasteiger partial charge >= 0.3 is 0 Å². The lowest BCUT2D eigenvalue weighted by Gasteiger charge is -2.29. The topological polar surface area (TPSA) is 72.3 Å². The summed E-state index contributed by atoms with van der Waals surface area (Å²) in [6, 6.07) is 9.37. The molecule has 0 saturated heterocycles. The van der Waals surface area contributed by atoms with Crippen LogP contribution in [-0.2, 0) is 10.3 Å². The average Bonchev–Trinajstić information content (AvgIpc) is 2.43. The Morgan fingerprint density at radius 1 is 1.26 bits per heavy atom. The van der Waals surface area contributed by atoms with Gasteiger partial charge in [0.05, 0.1) is 0 Å². The van der Waals surface area contributed by atoms with Crippen molar-refractivity contribution >= 4 is 5.91 Å². The zero-order valence-electron chi connectivity index (χ0n) is 11.9. The molecule has 0 saturated carbocycles. The normalized spacial score (nSPS) is 14.3. The molecule has 0 aliphatic heterocycles. The van der Waals surface area contributed by atoms with Crippen LogP contribution in [0.1, 0.15) is 31.7 Å². The third kappa shape index (κ3) is 4.33. The number of amides is 1. The van der Waals surface area contributed by atoms with Gasteiger partial charge in [0.15, 0.2) is 0 Å². The first kappa shape index (κ1) is 15.7. The van der Waals surface area contributed by atoms with Gasteiger partial charge in [0, 0.05) is 6.54 Å². The van der Waals surface area contributed by atoms with E-state index in [4.69, 9.17) is 11.5 Å². The quantitative estimate of drug-likeness (QED) is 0.745. The van der Waals surface area contributed by atoms with Crippen LogP contribution in [0.5, 0.6) is 0 Å². The third-order valence-corrected chi connectivity index (χ3v) is 3.51. The first-order valence-corrected chi connectivity index (χ1v) is 6.83. The monoisotopic (exact) mass is 263 g/mol. The zero-order valence-corrected chi connectivity index (χ0v) is 11.9. The molecular weight excluding hydrogens is 238 g/mol. The number of rotatable bonds is 8. The number of nitrogens with zero attached hydrogens (tertiary/aromatic N) is 1. The second-order valence-electron chi connectivity index (χ2n) is 5.11. The molecule has 0 radical (unpaired) electrons. The van der Waals surface area contributed by atoms with Gasteiger partial charge in [-0.25, -0.2) is 0 Å². The predicted molar refractivity (Wildman–Crippen MR) is 78.5 cm³/mol. The molecule has 1 aromatic rings. The molecule has 0 heterocycles. The molecular formula is C15H25N3O. The van der Waals surface area contributed by atoms with E-state index in [1.165, 1.54) is 0 Å². The van der Waals surface area contributed by atoms with Gasteiger partial charge in [-0.05, 0) is 32.0 Å². The molecule has 0 aliphatic rings. The van der Waals surface area contributed by atoms with Crippen molar-refractivity contribution in [1.29, 1.82) is 0 Å². The SMILES string of the molecule is CCCCN(C)CCC(N)(C(N)=O)c1ccccc1. The number of hydrogen-bond acceptors (Lipinski definition) is 3. The molecule has 0 spiro atoms. The highest BCUT2D eigenvalue weighted by atomic mass is 16.1. The van der Waals surface area contributed by atoms with Gasteiger partial charge < -0.3 is 16.4 Å². The molecule has 4 nitrogen and oxygen atoms in total. The van der Waals surface area contributed by atoms with Crippen LogP contribution in [0.3, 0.4) is 0 Å². The van der Waals surface area contributed by atoms with E-state index in [0.29, 0.717) is 6.42 Å². The van der Waals surface area contributed by atoms with Crippen molar-refractivity contribution < 1.29 is 4.79 Å². The van der Waals surface area contributed by atoms with Gasteiger partial charge in [0.1, 0.15) is 5.54 Å². The third-order valence-electron chi connectivity index (χ3n) is 3.51. The summed E-state index contributed by atoms with van der Waals surface area (Å²) >= 11 is 0. The number of carbonyl (C=O) groups is 1. The smallest absolute Gasteiger partial charge is 0.242 e. The van der Waals surface area contributed by atoms with E-state index in [1.807, 2.05) is 37.4 Å². The maximum absolute atomic E-state index is 11.7. The molecule has 1 unspecified atom stereocenters. The van der Waals surface area contributed by atoms with Crippen molar-refractivity contribution in [1.82, 2.24) is 4.90 Å². The van der Waals surface area contributed by atoms with Gasteiger partial charge in [0.25, 0.3) is 0 Å². The van der Waals surface area contributed by atoms with Crippen molar-refractivity contribution in [2.45, 2.75) is 31.7 Å². The maximum atomic E-state index is 11.7. The van der Waals surface area contributed by atoms with E-state index in [1.54, 1.807) is 0 Å². The molecule has 4 N–H and O–H groups in total. The first-order valence-electron chi connectivity index (χ1n) is 6.83. The summed E-state index contributed by atoms with van der Waals surface area (Å²) in [4.78, 5) is 13.9. The number of primary amides is 1. The van der Waals surface area contributed by atoms with Crippen LogP contribution in [0.25, 0.3) is 0 Å². The summed E-state index contributed by atoms with van der Waals surface area (Å²) < 4.78 is 0. The fourth-order valence-electron chi connectivity index (χ4n) is 2.05. The molecule has 4 heteroatoms. The molecule has 1 aromatic carbocycles. The Morgan fingerprint density at radius 3 is 2.42 bits per heavy atom.